The fourth-order valence-corrected chi connectivity index (χ4v) is 2.09. The van der Waals surface area contributed by atoms with Gasteiger partial charge < -0.3 is 15.7 Å². The molecule has 0 atom stereocenters. The second-order valence-electron chi connectivity index (χ2n) is 5.18. The molecule has 118 valence electrons. The van der Waals surface area contributed by atoms with Crippen LogP contribution < -0.4 is 10.6 Å². The van der Waals surface area contributed by atoms with Crippen molar-refractivity contribution in [1.29, 1.82) is 0 Å². The number of carbonyl (C=O) groups is 1. The van der Waals surface area contributed by atoms with E-state index in [4.69, 9.17) is 5.11 Å². The molecule has 0 radical (unpaired) electrons. The average Bonchev–Trinajstić information content (AvgIpc) is 2.44. The second-order valence-corrected chi connectivity index (χ2v) is 5.18. The van der Waals surface area contributed by atoms with Gasteiger partial charge in [-0.25, -0.2) is 4.79 Å². The Kier molecular flexibility index (Phi) is 15.2. The molecule has 0 aromatic carbocycles. The highest BCUT2D eigenvalue weighted by Gasteiger charge is 1.93. The summed E-state index contributed by atoms with van der Waals surface area (Å²) in [6.45, 7) is 1.92. The van der Waals surface area contributed by atoms with E-state index < -0.39 is 0 Å². The van der Waals surface area contributed by atoms with Crippen LogP contribution in [0.4, 0.5) is 4.79 Å². The SMILES string of the molecule is CCCCCCCCCCCC/C=C/NC(=O)NCO. The van der Waals surface area contributed by atoms with Crippen molar-refractivity contribution in [1.82, 2.24) is 10.6 Å². The van der Waals surface area contributed by atoms with Crippen LogP contribution in [0.1, 0.15) is 77.6 Å². The van der Waals surface area contributed by atoms with Crippen molar-refractivity contribution in [3.05, 3.63) is 12.3 Å². The molecule has 0 saturated heterocycles. The summed E-state index contributed by atoms with van der Waals surface area (Å²) in [7, 11) is 0. The number of carbonyl (C=O) groups excluding carboxylic acids is 1. The first-order chi connectivity index (χ1) is 9.81. The minimum Gasteiger partial charge on any atom is -0.376 e. The molecular weight excluding hydrogens is 252 g/mol. The third-order valence-corrected chi connectivity index (χ3v) is 3.30. The highest BCUT2D eigenvalue weighted by Crippen LogP contribution is 2.11. The number of amides is 2. The van der Waals surface area contributed by atoms with Crippen molar-refractivity contribution in [2.75, 3.05) is 6.73 Å². The number of hydrogen-bond donors (Lipinski definition) is 3. The van der Waals surface area contributed by atoms with E-state index in [0.29, 0.717) is 0 Å². The Morgan fingerprint density at radius 3 is 2.05 bits per heavy atom. The van der Waals surface area contributed by atoms with Crippen LogP contribution in [0.25, 0.3) is 0 Å². The molecular formula is C16H32N2O2. The monoisotopic (exact) mass is 284 g/mol. The highest BCUT2D eigenvalue weighted by molar-refractivity contribution is 5.74. The van der Waals surface area contributed by atoms with Crippen LogP contribution in [-0.2, 0) is 0 Å². The molecule has 0 aliphatic rings. The van der Waals surface area contributed by atoms with E-state index in [1.165, 1.54) is 64.2 Å². The third-order valence-electron chi connectivity index (χ3n) is 3.30. The third kappa shape index (κ3) is 15.0. The van der Waals surface area contributed by atoms with Crippen LogP contribution in [-0.4, -0.2) is 17.9 Å². The number of allylic oxidation sites excluding steroid dienone is 1. The topological polar surface area (TPSA) is 61.4 Å². The summed E-state index contributed by atoms with van der Waals surface area (Å²) in [6, 6.07) is -0.369. The van der Waals surface area contributed by atoms with Gasteiger partial charge in [0.15, 0.2) is 0 Å². The van der Waals surface area contributed by atoms with E-state index in [0.717, 1.165) is 6.42 Å². The zero-order valence-corrected chi connectivity index (χ0v) is 13.0. The standard InChI is InChI=1S/C16H32N2O2/c1-2-3-4-5-6-7-8-9-10-11-12-13-14-17-16(20)18-15-19/h13-14,19H,2-12,15H2,1H3,(H2,17,18,20)/b14-13+. The van der Waals surface area contributed by atoms with Gasteiger partial charge in [0.25, 0.3) is 0 Å². The number of unbranched alkanes of at least 4 members (excludes halogenated alkanes) is 10. The lowest BCUT2D eigenvalue weighted by molar-refractivity contribution is 0.220. The summed E-state index contributed by atoms with van der Waals surface area (Å²) in [5, 5.41) is 13.2. The van der Waals surface area contributed by atoms with Crippen molar-refractivity contribution in [3.8, 4) is 0 Å². The van der Waals surface area contributed by atoms with Crippen LogP contribution in [0.2, 0.25) is 0 Å². The Morgan fingerprint density at radius 2 is 1.50 bits per heavy atom. The number of hydrogen-bond acceptors (Lipinski definition) is 2. The van der Waals surface area contributed by atoms with Gasteiger partial charge in [0.2, 0.25) is 0 Å². The van der Waals surface area contributed by atoms with E-state index in [9.17, 15) is 4.79 Å². The average molecular weight is 284 g/mol. The van der Waals surface area contributed by atoms with Gasteiger partial charge in [0.05, 0.1) is 0 Å². The summed E-state index contributed by atoms with van der Waals surface area (Å²) < 4.78 is 0. The molecule has 0 aliphatic heterocycles. The smallest absolute Gasteiger partial charge is 0.320 e. The van der Waals surface area contributed by atoms with E-state index >= 15 is 0 Å². The fourth-order valence-electron chi connectivity index (χ4n) is 2.09. The number of aliphatic hydroxyl groups excluding tert-OH is 1. The van der Waals surface area contributed by atoms with Gasteiger partial charge in [-0.3, -0.25) is 0 Å². The first-order valence-electron chi connectivity index (χ1n) is 8.11. The summed E-state index contributed by atoms with van der Waals surface area (Å²) >= 11 is 0. The van der Waals surface area contributed by atoms with E-state index in [-0.39, 0.29) is 12.8 Å². The number of nitrogens with one attached hydrogen (secondary N) is 2. The lowest BCUT2D eigenvalue weighted by Gasteiger charge is -2.01. The van der Waals surface area contributed by atoms with Crippen LogP contribution in [0, 0.1) is 0 Å². The molecule has 4 heteroatoms. The van der Waals surface area contributed by atoms with E-state index in [2.05, 4.69) is 17.6 Å². The molecule has 3 N–H and O–H groups in total. The Bertz CT molecular complexity index is 243. The predicted octanol–water partition coefficient (Wildman–Crippen LogP) is 4.06. The minimum atomic E-state index is -0.369. The Balaban J connectivity index is 3.12. The Hall–Kier alpha value is -1.03. The molecule has 0 aromatic heterocycles. The van der Waals surface area contributed by atoms with Crippen LogP contribution in [0.5, 0.6) is 0 Å². The van der Waals surface area contributed by atoms with Crippen molar-refractivity contribution in [3.63, 3.8) is 0 Å². The maximum atomic E-state index is 10.9. The lowest BCUT2D eigenvalue weighted by atomic mass is 10.1. The van der Waals surface area contributed by atoms with Crippen molar-refractivity contribution < 1.29 is 9.90 Å². The van der Waals surface area contributed by atoms with Crippen molar-refractivity contribution in [2.24, 2.45) is 0 Å². The van der Waals surface area contributed by atoms with Crippen LogP contribution in [0.3, 0.4) is 0 Å². The van der Waals surface area contributed by atoms with Gasteiger partial charge in [0.1, 0.15) is 6.73 Å². The second kappa shape index (κ2) is 16.0. The van der Waals surface area contributed by atoms with Gasteiger partial charge in [-0.15, -0.1) is 0 Å². The molecule has 0 bridgehead atoms. The summed E-state index contributed by atoms with van der Waals surface area (Å²) in [5.74, 6) is 0. The molecule has 4 nitrogen and oxygen atoms in total. The summed E-state index contributed by atoms with van der Waals surface area (Å²) in [5.41, 5.74) is 0. The molecule has 0 unspecified atom stereocenters. The Morgan fingerprint density at radius 1 is 0.950 bits per heavy atom. The molecule has 0 spiro atoms. The van der Waals surface area contributed by atoms with Crippen molar-refractivity contribution in [2.45, 2.75) is 77.6 Å². The van der Waals surface area contributed by atoms with Crippen LogP contribution in [0.15, 0.2) is 12.3 Å². The quantitative estimate of drug-likeness (QED) is 0.353. The van der Waals surface area contributed by atoms with Gasteiger partial charge in [0, 0.05) is 6.20 Å². The first-order valence-corrected chi connectivity index (χ1v) is 8.11. The fraction of sp³-hybridized carbons (Fsp3) is 0.812. The van der Waals surface area contributed by atoms with Gasteiger partial charge in [-0.2, -0.15) is 0 Å². The summed E-state index contributed by atoms with van der Waals surface area (Å²) in [4.78, 5) is 10.9. The van der Waals surface area contributed by atoms with Crippen LogP contribution >= 0.6 is 0 Å². The van der Waals surface area contributed by atoms with Crippen molar-refractivity contribution >= 4 is 6.03 Å². The minimum absolute atomic E-state index is 0.335. The maximum Gasteiger partial charge on any atom is 0.320 e. The number of aliphatic hydroxyl groups is 1. The number of rotatable bonds is 13. The predicted molar refractivity (Wildman–Crippen MR) is 84.4 cm³/mol. The summed E-state index contributed by atoms with van der Waals surface area (Å²) in [6.07, 6.45) is 18.0. The molecule has 20 heavy (non-hydrogen) atoms. The van der Waals surface area contributed by atoms with Gasteiger partial charge in [-0.1, -0.05) is 70.8 Å². The molecule has 0 fully saturated rings. The highest BCUT2D eigenvalue weighted by atomic mass is 16.3. The van der Waals surface area contributed by atoms with E-state index in [1.54, 1.807) is 6.20 Å². The zero-order valence-electron chi connectivity index (χ0n) is 13.0. The normalized spacial score (nSPS) is 10.9. The van der Waals surface area contributed by atoms with E-state index in [1.807, 2.05) is 6.08 Å². The first kappa shape index (κ1) is 19.0. The number of urea groups is 1. The molecule has 0 aromatic rings. The maximum absolute atomic E-state index is 10.9. The largest absolute Gasteiger partial charge is 0.376 e. The van der Waals surface area contributed by atoms with Gasteiger partial charge >= 0.3 is 6.03 Å². The molecule has 0 saturated carbocycles. The molecule has 0 heterocycles. The van der Waals surface area contributed by atoms with Gasteiger partial charge in [-0.05, 0) is 12.8 Å². The zero-order chi connectivity index (χ0) is 14.9. The molecule has 0 rings (SSSR count). The Labute approximate surface area is 124 Å². The lowest BCUT2D eigenvalue weighted by Crippen LogP contribution is -2.32. The molecule has 2 amide bonds. The molecule has 0 aliphatic carbocycles.